The first kappa shape index (κ1) is 15.1. The summed E-state index contributed by atoms with van der Waals surface area (Å²) in [5, 5.41) is -0.559. The smallest absolute Gasteiger partial charge is 0.143 e. The van der Waals surface area contributed by atoms with Crippen molar-refractivity contribution in [3.63, 3.8) is 0 Å². The first-order valence-corrected chi connectivity index (χ1v) is 16.0. The summed E-state index contributed by atoms with van der Waals surface area (Å²) in [6.45, 7) is 0. The minimum atomic E-state index is -0.958. The van der Waals surface area contributed by atoms with Crippen molar-refractivity contribution in [3.05, 3.63) is 200 Å². The monoisotopic (exact) mass is 685 g/mol. The number of rotatable bonds is 6. The second kappa shape index (κ2) is 12.5. The van der Waals surface area contributed by atoms with Gasteiger partial charge < -0.3 is 9.32 Å². The molecule has 0 N–H and O–H groups in total. The van der Waals surface area contributed by atoms with Gasteiger partial charge in [0.15, 0.2) is 0 Å². The van der Waals surface area contributed by atoms with Gasteiger partial charge in [-0.05, 0) is 91.7 Å². The Morgan fingerprint density at radius 2 is 0.942 bits per heavy atom. The van der Waals surface area contributed by atoms with Gasteiger partial charge in [-0.1, -0.05) is 157 Å². The van der Waals surface area contributed by atoms with Crippen LogP contribution in [0, 0.1) is 0 Å². The van der Waals surface area contributed by atoms with Crippen LogP contribution in [0.4, 0.5) is 17.1 Å². The average Bonchev–Trinajstić information content (AvgIpc) is 3.78. The third-order valence-electron chi connectivity index (χ3n) is 8.64. The molecule has 52 heavy (non-hydrogen) atoms. The van der Waals surface area contributed by atoms with Crippen molar-refractivity contribution in [2.75, 3.05) is 4.90 Å². The standard InChI is InChI=1S/C50H33NO/c1-3-20-42-34(12-1)14-9-23-44(42)37-16-7-18-40(32-37)51(41-19-8-17-38(33-41)45-24-10-15-35-13-2-4-21-43(35)45)39-30-28-36(29-31-39)46-25-11-26-48-47-22-5-6-27-49(47)52-50(46)48/h1-33H/i1D,2D,3D,4D,7D,8D,9D,10D,12D,13D,14D,15D,16D,17D,18D,19D,20D,21D,23D,24D,32D,33D. The van der Waals surface area contributed by atoms with E-state index in [0.29, 0.717) is 22.3 Å². The Morgan fingerprint density at radius 3 is 1.60 bits per heavy atom. The third kappa shape index (κ3) is 5.12. The molecule has 2 heteroatoms. The van der Waals surface area contributed by atoms with E-state index in [2.05, 4.69) is 0 Å². The normalized spacial score (nSPS) is 17.4. The van der Waals surface area contributed by atoms with Gasteiger partial charge in [-0.15, -0.1) is 0 Å². The molecule has 0 aliphatic heterocycles. The van der Waals surface area contributed by atoms with Crippen molar-refractivity contribution in [1.82, 2.24) is 0 Å². The maximum absolute atomic E-state index is 9.94. The minimum Gasteiger partial charge on any atom is -0.455 e. The fourth-order valence-electron chi connectivity index (χ4n) is 6.28. The molecule has 0 unspecified atom stereocenters. The van der Waals surface area contributed by atoms with Crippen LogP contribution >= 0.6 is 0 Å². The van der Waals surface area contributed by atoms with Crippen molar-refractivity contribution < 1.29 is 34.6 Å². The molecule has 1 heterocycles. The highest BCUT2D eigenvalue weighted by Gasteiger charge is 2.17. The molecule has 0 atom stereocenters. The lowest BCUT2D eigenvalue weighted by atomic mass is 9.96. The Bertz CT molecular complexity index is 3970. The maximum Gasteiger partial charge on any atom is 0.143 e. The number of benzene rings is 9. The quantitative estimate of drug-likeness (QED) is 0.173. The highest BCUT2D eigenvalue weighted by molar-refractivity contribution is 6.09. The Labute approximate surface area is 333 Å². The predicted molar refractivity (Wildman–Crippen MR) is 220 cm³/mol. The molecule has 2 nitrogen and oxygen atoms in total. The Balaban J connectivity index is 1.35. The fourth-order valence-corrected chi connectivity index (χ4v) is 6.28. The lowest BCUT2D eigenvalue weighted by Gasteiger charge is -2.27. The van der Waals surface area contributed by atoms with Gasteiger partial charge in [0.1, 0.15) is 11.2 Å². The summed E-state index contributed by atoms with van der Waals surface area (Å²) in [5.41, 5.74) is -2.05. The zero-order valence-corrected chi connectivity index (χ0v) is 26.7. The zero-order valence-electron chi connectivity index (χ0n) is 48.7. The van der Waals surface area contributed by atoms with E-state index >= 15 is 0 Å². The molecule has 10 aromatic rings. The summed E-state index contributed by atoms with van der Waals surface area (Å²) in [7, 11) is 0. The highest BCUT2D eigenvalue weighted by Crippen LogP contribution is 2.42. The molecule has 0 aliphatic carbocycles. The Morgan fingerprint density at radius 1 is 0.385 bits per heavy atom. The molecule has 0 amide bonds. The first-order chi connectivity index (χ1) is 35.0. The summed E-state index contributed by atoms with van der Waals surface area (Å²) in [6.07, 6.45) is 0. The largest absolute Gasteiger partial charge is 0.455 e. The molecule has 0 fully saturated rings. The first-order valence-electron chi connectivity index (χ1n) is 27.0. The number of nitrogens with zero attached hydrogens (tertiary/aromatic N) is 1. The topological polar surface area (TPSA) is 16.4 Å². The van der Waals surface area contributed by atoms with Gasteiger partial charge in [-0.2, -0.15) is 0 Å². The summed E-state index contributed by atoms with van der Waals surface area (Å²) in [4.78, 5) is 0.923. The summed E-state index contributed by atoms with van der Waals surface area (Å²) < 4.78 is 204. The highest BCUT2D eigenvalue weighted by atomic mass is 16.3. The van der Waals surface area contributed by atoms with Crippen molar-refractivity contribution in [2.24, 2.45) is 0 Å². The number of hydrogen-bond donors (Lipinski definition) is 0. The zero-order chi connectivity index (χ0) is 53.6. The van der Waals surface area contributed by atoms with E-state index < -0.39 is 188 Å². The number of para-hydroxylation sites is 2. The van der Waals surface area contributed by atoms with Crippen LogP contribution in [0.15, 0.2) is 204 Å². The average molecular weight is 686 g/mol. The van der Waals surface area contributed by atoms with Gasteiger partial charge in [-0.25, -0.2) is 0 Å². The maximum atomic E-state index is 9.94. The van der Waals surface area contributed by atoms with E-state index in [9.17, 15) is 11.0 Å². The molecular weight excluding hydrogens is 631 g/mol. The van der Waals surface area contributed by atoms with E-state index in [4.69, 9.17) is 23.6 Å². The van der Waals surface area contributed by atoms with Crippen molar-refractivity contribution in [2.45, 2.75) is 0 Å². The number of fused-ring (bicyclic) bond motifs is 5. The van der Waals surface area contributed by atoms with Crippen LogP contribution in [-0.4, -0.2) is 0 Å². The molecule has 0 bridgehead atoms. The molecule has 0 spiro atoms. The third-order valence-corrected chi connectivity index (χ3v) is 8.64. The number of anilines is 3. The van der Waals surface area contributed by atoms with E-state index in [1.165, 1.54) is 12.1 Å². The SMILES string of the molecule is [2H]c1c([2H])c(-c2c([2H])c([2H])c([2H])c3c([2H])c([2H])c([2H])c([2H])c23)c([2H])c(N(c2ccc(-c3cccc4c3oc3ccccc34)cc2)c2c([2H])c([2H])c([2H])c(-c3c([2H])c([2H])c([2H])c4c([2H])c([2H])c([2H])c([2H])c34)c2[2H])c1[2H]. The van der Waals surface area contributed by atoms with Crippen LogP contribution in [-0.2, 0) is 0 Å². The van der Waals surface area contributed by atoms with Crippen LogP contribution in [0.25, 0.3) is 76.9 Å². The van der Waals surface area contributed by atoms with E-state index in [-0.39, 0.29) is 5.69 Å². The van der Waals surface area contributed by atoms with Crippen LogP contribution in [0.5, 0.6) is 0 Å². The van der Waals surface area contributed by atoms with E-state index in [1.807, 2.05) is 36.4 Å². The Kier molecular flexibility index (Phi) is 3.63. The van der Waals surface area contributed by atoms with Crippen molar-refractivity contribution in [3.8, 4) is 33.4 Å². The molecule has 0 radical (unpaired) electrons. The molecule has 10 rings (SSSR count). The van der Waals surface area contributed by atoms with Crippen LogP contribution < -0.4 is 4.90 Å². The van der Waals surface area contributed by atoms with E-state index in [1.54, 1.807) is 18.2 Å². The molecule has 0 saturated carbocycles. The van der Waals surface area contributed by atoms with Gasteiger partial charge in [0.05, 0.1) is 30.2 Å². The molecule has 244 valence electrons. The van der Waals surface area contributed by atoms with Crippen molar-refractivity contribution in [1.29, 1.82) is 0 Å². The van der Waals surface area contributed by atoms with E-state index in [0.717, 1.165) is 15.7 Å². The summed E-state index contributed by atoms with van der Waals surface area (Å²) in [6, 6.07) is 0.0223. The van der Waals surface area contributed by atoms with Gasteiger partial charge in [-0.3, -0.25) is 0 Å². The number of hydrogen-bond acceptors (Lipinski definition) is 2. The van der Waals surface area contributed by atoms with Gasteiger partial charge >= 0.3 is 0 Å². The molecule has 9 aromatic carbocycles. The lowest BCUT2D eigenvalue weighted by Crippen LogP contribution is -2.10. The van der Waals surface area contributed by atoms with Crippen molar-refractivity contribution >= 4 is 60.5 Å². The fraction of sp³-hybridized carbons (Fsp3) is 0. The second-order valence-electron chi connectivity index (χ2n) is 11.6. The predicted octanol–water partition coefficient (Wildman–Crippen LogP) is 14.4. The van der Waals surface area contributed by atoms with Crippen LogP contribution in [0.2, 0.25) is 0 Å². The lowest BCUT2D eigenvalue weighted by molar-refractivity contribution is 0.670. The minimum absolute atomic E-state index is 0.109. The molecule has 0 saturated heterocycles. The number of furan rings is 1. The van der Waals surface area contributed by atoms with Gasteiger partial charge in [0.25, 0.3) is 0 Å². The summed E-state index contributed by atoms with van der Waals surface area (Å²) in [5.74, 6) is 0. The molecule has 1 aromatic heterocycles. The molecule has 0 aliphatic rings. The van der Waals surface area contributed by atoms with Crippen LogP contribution in [0.1, 0.15) is 30.2 Å². The van der Waals surface area contributed by atoms with Gasteiger partial charge in [0, 0.05) is 33.4 Å². The second-order valence-corrected chi connectivity index (χ2v) is 11.6. The van der Waals surface area contributed by atoms with Crippen LogP contribution in [0.3, 0.4) is 0 Å². The van der Waals surface area contributed by atoms with Gasteiger partial charge in [0.2, 0.25) is 0 Å². The molecular formula is C50H33NO. The Hall–Kier alpha value is -6.90. The summed E-state index contributed by atoms with van der Waals surface area (Å²) >= 11 is 0.